The molecule has 0 atom stereocenters. The molecule has 0 spiro atoms. The Morgan fingerprint density at radius 3 is 2.74 bits per heavy atom. The van der Waals surface area contributed by atoms with E-state index in [1.165, 1.54) is 18.5 Å². The lowest BCUT2D eigenvalue weighted by Gasteiger charge is -2.20. The van der Waals surface area contributed by atoms with Crippen molar-refractivity contribution in [2.45, 2.75) is 12.6 Å². The molecule has 0 unspecified atom stereocenters. The predicted octanol–water partition coefficient (Wildman–Crippen LogP) is 5.04. The molecule has 0 saturated heterocycles. The summed E-state index contributed by atoms with van der Waals surface area (Å²) in [5.41, 5.74) is 1.54. The SMILES string of the molecule is OCCN1CCc2ncnc(Nc3ccc(Oc4cccc(C(F)(F)F)c4)c(Cl)c3)c21. The van der Waals surface area contributed by atoms with Crippen molar-refractivity contribution in [1.82, 2.24) is 9.97 Å². The minimum Gasteiger partial charge on any atom is -0.456 e. The van der Waals surface area contributed by atoms with Crippen LogP contribution in [0.15, 0.2) is 48.8 Å². The summed E-state index contributed by atoms with van der Waals surface area (Å²) in [5.74, 6) is 0.839. The number of nitrogens with one attached hydrogen (secondary N) is 1. The van der Waals surface area contributed by atoms with Crippen LogP contribution in [0.25, 0.3) is 0 Å². The molecule has 0 amide bonds. The van der Waals surface area contributed by atoms with Gasteiger partial charge in [-0.3, -0.25) is 0 Å². The molecule has 0 saturated carbocycles. The zero-order valence-electron chi connectivity index (χ0n) is 16.2. The molecule has 4 rings (SSSR count). The number of aromatic nitrogens is 2. The minimum atomic E-state index is -4.46. The number of benzene rings is 2. The number of hydrogen-bond acceptors (Lipinski definition) is 6. The lowest BCUT2D eigenvalue weighted by molar-refractivity contribution is -0.137. The second-order valence-electron chi connectivity index (χ2n) is 6.88. The fourth-order valence-electron chi connectivity index (χ4n) is 3.38. The van der Waals surface area contributed by atoms with E-state index < -0.39 is 11.7 Å². The maximum Gasteiger partial charge on any atom is 0.416 e. The van der Waals surface area contributed by atoms with Crippen molar-refractivity contribution in [3.05, 3.63) is 65.1 Å². The van der Waals surface area contributed by atoms with E-state index in [9.17, 15) is 18.3 Å². The highest BCUT2D eigenvalue weighted by molar-refractivity contribution is 6.32. The molecular weight excluding hydrogens is 433 g/mol. The highest BCUT2D eigenvalue weighted by Crippen LogP contribution is 2.37. The molecule has 1 aliphatic heterocycles. The van der Waals surface area contributed by atoms with Gasteiger partial charge in [0.15, 0.2) is 5.82 Å². The second-order valence-corrected chi connectivity index (χ2v) is 7.28. The third-order valence-corrected chi connectivity index (χ3v) is 5.08. The van der Waals surface area contributed by atoms with Gasteiger partial charge in [-0.15, -0.1) is 0 Å². The Morgan fingerprint density at radius 1 is 1.16 bits per heavy atom. The van der Waals surface area contributed by atoms with Crippen LogP contribution in [0.2, 0.25) is 5.02 Å². The molecule has 6 nitrogen and oxygen atoms in total. The summed E-state index contributed by atoms with van der Waals surface area (Å²) >= 11 is 6.31. The minimum absolute atomic E-state index is 0.0151. The first kappa shape index (κ1) is 21.2. The molecule has 162 valence electrons. The summed E-state index contributed by atoms with van der Waals surface area (Å²) in [6.45, 7) is 1.23. The van der Waals surface area contributed by atoms with E-state index in [4.69, 9.17) is 16.3 Å². The van der Waals surface area contributed by atoms with Gasteiger partial charge in [0.05, 0.1) is 22.9 Å². The van der Waals surface area contributed by atoms with Crippen molar-refractivity contribution in [3.63, 3.8) is 0 Å². The van der Waals surface area contributed by atoms with E-state index in [2.05, 4.69) is 15.3 Å². The second kappa shape index (κ2) is 8.60. The fraction of sp³-hybridized carbons (Fsp3) is 0.238. The van der Waals surface area contributed by atoms with Crippen LogP contribution in [0, 0.1) is 0 Å². The number of fused-ring (bicyclic) bond motifs is 1. The standard InChI is InChI=1S/C21H18ClF3N4O2/c22-16-11-14(28-20-19-17(26-12-27-20)6-7-29(19)8-9-30)4-5-18(16)31-15-3-1-2-13(10-15)21(23,24)25/h1-5,10-12,30H,6-9H2,(H,26,27,28). The van der Waals surface area contributed by atoms with Gasteiger partial charge in [0.2, 0.25) is 0 Å². The van der Waals surface area contributed by atoms with Crippen molar-refractivity contribution < 1.29 is 23.0 Å². The Hall–Kier alpha value is -3.04. The molecule has 2 N–H and O–H groups in total. The quantitative estimate of drug-likeness (QED) is 0.548. The number of aliphatic hydroxyl groups excluding tert-OH is 1. The van der Waals surface area contributed by atoms with Crippen molar-refractivity contribution in [2.75, 3.05) is 29.9 Å². The highest BCUT2D eigenvalue weighted by Gasteiger charge is 2.30. The lowest BCUT2D eigenvalue weighted by atomic mass is 10.2. The smallest absolute Gasteiger partial charge is 0.416 e. The number of aliphatic hydroxyl groups is 1. The van der Waals surface area contributed by atoms with E-state index in [1.54, 1.807) is 18.2 Å². The molecule has 1 aromatic heterocycles. The van der Waals surface area contributed by atoms with Crippen LogP contribution in [0.3, 0.4) is 0 Å². The topological polar surface area (TPSA) is 70.5 Å². The van der Waals surface area contributed by atoms with E-state index >= 15 is 0 Å². The first-order chi connectivity index (χ1) is 14.8. The zero-order valence-corrected chi connectivity index (χ0v) is 16.9. The van der Waals surface area contributed by atoms with Gasteiger partial charge < -0.3 is 20.1 Å². The maximum atomic E-state index is 12.9. The van der Waals surface area contributed by atoms with E-state index in [1.807, 2.05) is 4.90 Å². The molecule has 0 bridgehead atoms. The summed E-state index contributed by atoms with van der Waals surface area (Å²) < 4.78 is 44.2. The largest absolute Gasteiger partial charge is 0.456 e. The van der Waals surface area contributed by atoms with Crippen LogP contribution >= 0.6 is 11.6 Å². The average molecular weight is 451 g/mol. The Morgan fingerprint density at radius 2 is 2.00 bits per heavy atom. The van der Waals surface area contributed by atoms with Crippen LogP contribution in [-0.4, -0.2) is 34.8 Å². The number of anilines is 3. The van der Waals surface area contributed by atoms with Crippen molar-refractivity contribution >= 4 is 28.8 Å². The van der Waals surface area contributed by atoms with Crippen molar-refractivity contribution in [1.29, 1.82) is 0 Å². The first-order valence-electron chi connectivity index (χ1n) is 9.46. The summed E-state index contributed by atoms with van der Waals surface area (Å²) in [7, 11) is 0. The Kier molecular flexibility index (Phi) is 5.88. The third-order valence-electron chi connectivity index (χ3n) is 4.79. The van der Waals surface area contributed by atoms with E-state index in [-0.39, 0.29) is 23.1 Å². The van der Waals surface area contributed by atoms with Crippen LogP contribution in [0.4, 0.5) is 30.4 Å². The van der Waals surface area contributed by atoms with Gasteiger partial charge in [-0.2, -0.15) is 13.2 Å². The van der Waals surface area contributed by atoms with Gasteiger partial charge in [0.25, 0.3) is 0 Å². The summed E-state index contributed by atoms with van der Waals surface area (Å²) in [4.78, 5) is 10.6. The van der Waals surface area contributed by atoms with Gasteiger partial charge in [-0.05, 0) is 36.4 Å². The molecule has 1 aliphatic rings. The van der Waals surface area contributed by atoms with Gasteiger partial charge >= 0.3 is 6.18 Å². The maximum absolute atomic E-state index is 12.9. The third kappa shape index (κ3) is 4.67. The van der Waals surface area contributed by atoms with E-state index in [0.717, 1.165) is 36.5 Å². The van der Waals surface area contributed by atoms with Gasteiger partial charge in [-0.1, -0.05) is 17.7 Å². The number of β-amino-alcohol motifs (C(OH)–C–C–N with tert-alkyl or cyclic N) is 1. The first-order valence-corrected chi connectivity index (χ1v) is 9.84. The highest BCUT2D eigenvalue weighted by atomic mass is 35.5. The molecule has 2 aromatic carbocycles. The Labute approximate surface area is 181 Å². The number of hydrogen-bond donors (Lipinski definition) is 2. The van der Waals surface area contributed by atoms with Crippen molar-refractivity contribution in [2.24, 2.45) is 0 Å². The van der Waals surface area contributed by atoms with Crippen molar-refractivity contribution in [3.8, 4) is 11.5 Å². The number of alkyl halides is 3. The molecule has 3 aromatic rings. The molecular formula is C21H18ClF3N4O2. The predicted molar refractivity (Wildman–Crippen MR) is 111 cm³/mol. The van der Waals surface area contributed by atoms with Crippen LogP contribution in [0.1, 0.15) is 11.3 Å². The molecule has 0 aliphatic carbocycles. The van der Waals surface area contributed by atoms with Crippen LogP contribution < -0.4 is 15.0 Å². The summed E-state index contributed by atoms with van der Waals surface area (Å²) in [6, 6.07) is 9.45. The molecule has 10 heteroatoms. The Bertz CT molecular complexity index is 1090. The molecule has 2 heterocycles. The lowest BCUT2D eigenvalue weighted by Crippen LogP contribution is -2.25. The molecule has 0 fully saturated rings. The number of halogens is 4. The number of rotatable bonds is 6. The van der Waals surface area contributed by atoms with Gasteiger partial charge in [-0.25, -0.2) is 9.97 Å². The monoisotopic (exact) mass is 450 g/mol. The van der Waals surface area contributed by atoms with E-state index in [0.29, 0.717) is 18.1 Å². The summed E-state index contributed by atoms with van der Waals surface area (Å²) in [5, 5.41) is 12.7. The van der Waals surface area contributed by atoms with Crippen LogP contribution in [0.5, 0.6) is 11.5 Å². The number of ether oxygens (including phenoxy) is 1. The normalized spacial score (nSPS) is 13.3. The fourth-order valence-corrected chi connectivity index (χ4v) is 3.60. The molecule has 0 radical (unpaired) electrons. The number of nitrogens with zero attached hydrogens (tertiary/aromatic N) is 3. The average Bonchev–Trinajstić information content (AvgIpc) is 3.14. The summed E-state index contributed by atoms with van der Waals surface area (Å²) in [6.07, 6.45) is -2.23. The van der Waals surface area contributed by atoms with Gasteiger partial charge in [0, 0.05) is 25.2 Å². The zero-order chi connectivity index (χ0) is 22.0. The Balaban J connectivity index is 1.54. The van der Waals surface area contributed by atoms with Crippen LogP contribution in [-0.2, 0) is 12.6 Å². The molecule has 31 heavy (non-hydrogen) atoms. The van der Waals surface area contributed by atoms with Gasteiger partial charge in [0.1, 0.15) is 23.5 Å².